The highest BCUT2D eigenvalue weighted by molar-refractivity contribution is 9.10. The minimum Gasteiger partial charge on any atom is -0.206 e. The lowest BCUT2D eigenvalue weighted by atomic mass is 10.1. The molecule has 4 rings (SSSR count). The third kappa shape index (κ3) is 14.1. The zero-order valence-electron chi connectivity index (χ0n) is 25.8. The van der Waals surface area contributed by atoms with Crippen LogP contribution >= 0.6 is 15.9 Å². The van der Waals surface area contributed by atoms with Crippen LogP contribution in [0.1, 0.15) is 91.3 Å². The Morgan fingerprint density at radius 3 is 1.49 bits per heavy atom. The minimum absolute atomic E-state index is 0.0435. The van der Waals surface area contributed by atoms with Crippen LogP contribution in [0.5, 0.6) is 0 Å². The van der Waals surface area contributed by atoms with Crippen molar-refractivity contribution in [3.8, 4) is 36.3 Å². The van der Waals surface area contributed by atoms with Gasteiger partial charge in [-0.05, 0) is 97.5 Å². The van der Waals surface area contributed by atoms with Crippen molar-refractivity contribution in [2.24, 2.45) is 0 Å². The van der Waals surface area contributed by atoms with E-state index in [0.29, 0.717) is 10.0 Å². The molecule has 0 saturated carbocycles. The summed E-state index contributed by atoms with van der Waals surface area (Å²) in [6, 6.07) is 28.7. The highest BCUT2D eigenvalue weighted by Crippen LogP contribution is 2.14. The number of nitrogens with zero attached hydrogens (tertiary/aromatic N) is 2. The van der Waals surface area contributed by atoms with Gasteiger partial charge in [-0.1, -0.05) is 97.5 Å². The number of rotatable bonds is 8. The molecule has 0 spiro atoms. The maximum atomic E-state index is 13.5. The maximum absolute atomic E-state index is 13.5. The Bertz CT molecular complexity index is 1680. The molecule has 0 aliphatic rings. The zero-order valence-corrected chi connectivity index (χ0v) is 27.4. The Kier molecular flexibility index (Phi) is 17.1. The van der Waals surface area contributed by atoms with Crippen molar-refractivity contribution in [3.05, 3.63) is 140 Å². The van der Waals surface area contributed by atoms with Gasteiger partial charge >= 0.3 is 0 Å². The fraction of sp³-hybridized carbons (Fsp3) is 0.250. The Hall–Kier alpha value is -4.68. The van der Waals surface area contributed by atoms with Crippen LogP contribution in [0.4, 0.5) is 8.78 Å². The molecule has 0 amide bonds. The summed E-state index contributed by atoms with van der Waals surface area (Å²) in [4.78, 5) is 0. The topological polar surface area (TPSA) is 47.6 Å². The van der Waals surface area contributed by atoms with Gasteiger partial charge in [0, 0.05) is 21.2 Å². The van der Waals surface area contributed by atoms with E-state index in [1.165, 1.54) is 80.3 Å². The van der Waals surface area contributed by atoms with Crippen LogP contribution in [0.2, 0.25) is 0 Å². The Balaban J connectivity index is 0.000000259. The van der Waals surface area contributed by atoms with Crippen LogP contribution < -0.4 is 0 Å². The van der Waals surface area contributed by atoms with Crippen molar-refractivity contribution in [2.45, 2.75) is 65.2 Å². The van der Waals surface area contributed by atoms with Gasteiger partial charge in [0.2, 0.25) is 0 Å². The number of benzene rings is 4. The van der Waals surface area contributed by atoms with E-state index < -0.39 is 11.6 Å². The molecule has 0 aromatic heterocycles. The molecule has 0 N–H and O–H groups in total. The lowest BCUT2D eigenvalue weighted by Crippen LogP contribution is -1.86. The first-order valence-electron chi connectivity index (χ1n) is 15.0. The van der Waals surface area contributed by atoms with Crippen LogP contribution in [-0.2, 0) is 12.8 Å². The van der Waals surface area contributed by atoms with Gasteiger partial charge in [-0.25, -0.2) is 8.78 Å². The van der Waals surface area contributed by atoms with E-state index >= 15 is 0 Å². The first kappa shape index (κ1) is 36.5. The summed E-state index contributed by atoms with van der Waals surface area (Å²) in [5.74, 6) is 7.55. The summed E-state index contributed by atoms with van der Waals surface area (Å²) < 4.78 is 26.7. The van der Waals surface area contributed by atoms with Crippen molar-refractivity contribution < 1.29 is 8.78 Å². The molecule has 0 bridgehead atoms. The lowest BCUT2D eigenvalue weighted by molar-refractivity contribution is 0.623. The third-order valence-corrected chi connectivity index (χ3v) is 7.20. The average Bonchev–Trinajstić information content (AvgIpc) is 3.06. The molecule has 0 aliphatic heterocycles. The van der Waals surface area contributed by atoms with Gasteiger partial charge < -0.3 is 0 Å². The van der Waals surface area contributed by atoms with E-state index in [4.69, 9.17) is 16.9 Å². The van der Waals surface area contributed by atoms with Crippen molar-refractivity contribution in [2.75, 3.05) is 0 Å². The molecular formula is C40H37BrF2N2. The van der Waals surface area contributed by atoms with E-state index in [1.807, 2.05) is 24.3 Å². The molecule has 228 valence electrons. The first-order valence-corrected chi connectivity index (χ1v) is 15.8. The second-order valence-electron chi connectivity index (χ2n) is 10.2. The largest absolute Gasteiger partial charge is 0.206 e. The summed E-state index contributed by atoms with van der Waals surface area (Å²) in [5.41, 5.74) is 5.29. The van der Waals surface area contributed by atoms with E-state index in [1.54, 1.807) is 24.3 Å². The number of halogens is 3. The molecule has 4 aromatic carbocycles. The van der Waals surface area contributed by atoms with Gasteiger partial charge in [0.1, 0.15) is 23.8 Å². The van der Waals surface area contributed by atoms with Gasteiger partial charge in [0.05, 0.1) is 11.1 Å². The van der Waals surface area contributed by atoms with Gasteiger partial charge in [-0.15, -0.1) is 6.42 Å². The number of unbranched alkanes of at least 4 members (excludes halogenated alkanes) is 4. The standard InChI is InChI=1S/C20H18FN.C13H16.C7H3BrFN/c1-2-3-4-5-16-6-8-17(9-7-16)10-11-18-12-13-19(15-22)20(21)14-18;1-3-5-6-7-13-10-8-12(4-2)9-11-13;8-6-2-1-5(4-10)7(9)3-6/h6-9,12-14H,2-5H2,1H3;2,8-11H,3,5-7H2,1H3;1-3H. The molecule has 45 heavy (non-hydrogen) atoms. The fourth-order valence-corrected chi connectivity index (χ4v) is 4.42. The van der Waals surface area contributed by atoms with Crippen LogP contribution in [0.15, 0.2) is 89.4 Å². The smallest absolute Gasteiger partial charge is 0.142 e. The van der Waals surface area contributed by atoms with Gasteiger partial charge in [-0.2, -0.15) is 10.5 Å². The fourth-order valence-electron chi connectivity index (χ4n) is 4.09. The molecule has 2 nitrogen and oxygen atoms in total. The van der Waals surface area contributed by atoms with Crippen molar-refractivity contribution >= 4 is 15.9 Å². The quantitative estimate of drug-likeness (QED) is 0.139. The number of hydrogen-bond donors (Lipinski definition) is 0. The second kappa shape index (κ2) is 21.1. The third-order valence-electron chi connectivity index (χ3n) is 6.70. The van der Waals surface area contributed by atoms with Crippen LogP contribution in [0, 0.1) is 58.5 Å². The molecule has 4 aromatic rings. The zero-order chi connectivity index (χ0) is 32.9. The first-order chi connectivity index (χ1) is 21.8. The number of terminal acetylenes is 1. The van der Waals surface area contributed by atoms with E-state index in [9.17, 15) is 8.78 Å². The second-order valence-corrected chi connectivity index (χ2v) is 11.2. The summed E-state index contributed by atoms with van der Waals surface area (Å²) in [6.45, 7) is 4.42. The van der Waals surface area contributed by atoms with Gasteiger partial charge in [-0.3, -0.25) is 0 Å². The molecule has 0 unspecified atom stereocenters. The number of aryl methyl sites for hydroxylation is 2. The number of nitriles is 2. The minimum atomic E-state index is -0.527. The monoisotopic (exact) mass is 662 g/mol. The average molecular weight is 664 g/mol. The van der Waals surface area contributed by atoms with Crippen LogP contribution in [0.25, 0.3) is 0 Å². The normalized spacial score (nSPS) is 9.47. The molecule has 0 fully saturated rings. The maximum Gasteiger partial charge on any atom is 0.142 e. The Morgan fingerprint density at radius 2 is 1.04 bits per heavy atom. The van der Waals surface area contributed by atoms with Crippen molar-refractivity contribution in [1.82, 2.24) is 0 Å². The molecule has 0 radical (unpaired) electrons. The number of hydrogen-bond acceptors (Lipinski definition) is 2. The molecule has 0 saturated heterocycles. The predicted molar refractivity (Wildman–Crippen MR) is 183 cm³/mol. The van der Waals surface area contributed by atoms with Crippen molar-refractivity contribution in [3.63, 3.8) is 0 Å². The summed E-state index contributed by atoms with van der Waals surface area (Å²) >= 11 is 3.08. The van der Waals surface area contributed by atoms with E-state index in [2.05, 4.69) is 71.8 Å². The SMILES string of the molecule is C#Cc1ccc(CCCCC)cc1.CCCCCc1ccc(C#Cc2ccc(C#N)c(F)c2)cc1.N#Cc1ccc(Br)cc1F. The highest BCUT2D eigenvalue weighted by atomic mass is 79.9. The van der Waals surface area contributed by atoms with Crippen LogP contribution in [-0.4, -0.2) is 0 Å². The molecular weight excluding hydrogens is 626 g/mol. The summed E-state index contributed by atoms with van der Waals surface area (Å²) in [5, 5.41) is 17.0. The summed E-state index contributed by atoms with van der Waals surface area (Å²) in [6.07, 6.45) is 15.1. The lowest BCUT2D eigenvalue weighted by Gasteiger charge is -2.00. The van der Waals surface area contributed by atoms with Gasteiger partial charge in [0.25, 0.3) is 0 Å². The molecule has 0 aliphatic carbocycles. The molecule has 5 heteroatoms. The van der Waals surface area contributed by atoms with Crippen molar-refractivity contribution in [1.29, 1.82) is 10.5 Å². The Morgan fingerprint density at radius 1 is 0.600 bits per heavy atom. The predicted octanol–water partition coefficient (Wildman–Crippen LogP) is 10.7. The highest BCUT2D eigenvalue weighted by Gasteiger charge is 2.01. The molecule has 0 atom stereocenters. The molecule has 0 heterocycles. The summed E-state index contributed by atoms with van der Waals surface area (Å²) in [7, 11) is 0. The Labute approximate surface area is 275 Å². The van der Waals surface area contributed by atoms with Gasteiger partial charge in [0.15, 0.2) is 0 Å². The van der Waals surface area contributed by atoms with Crippen LogP contribution in [0.3, 0.4) is 0 Å². The van der Waals surface area contributed by atoms with E-state index in [-0.39, 0.29) is 11.1 Å². The van der Waals surface area contributed by atoms with E-state index in [0.717, 1.165) is 17.5 Å².